The van der Waals surface area contributed by atoms with Gasteiger partial charge in [-0.25, -0.2) is 14.4 Å². The zero-order valence-electron chi connectivity index (χ0n) is 26.7. The summed E-state index contributed by atoms with van der Waals surface area (Å²) < 4.78 is 21.5. The van der Waals surface area contributed by atoms with Crippen LogP contribution in [-0.4, -0.2) is 109 Å². The molecule has 1 aliphatic heterocycles. The molecular weight excluding hydrogens is 562 g/mol. The number of aliphatic imine (C=N–C) groups is 1. The lowest BCUT2D eigenvalue weighted by Gasteiger charge is -2.45. The maximum absolute atomic E-state index is 12.7. The molecule has 1 saturated heterocycles. The Labute approximate surface area is 253 Å². The highest BCUT2D eigenvalue weighted by Crippen LogP contribution is 2.28. The monoisotopic (exact) mass is 611 g/mol. The summed E-state index contributed by atoms with van der Waals surface area (Å²) in [6, 6.07) is -1.93. The first-order chi connectivity index (χ1) is 20.0. The summed E-state index contributed by atoms with van der Waals surface area (Å²) in [5, 5.41) is 18.4. The van der Waals surface area contributed by atoms with E-state index in [4.69, 9.17) is 18.9 Å². The molecule has 2 rings (SSSR count). The highest BCUT2D eigenvalue weighted by Gasteiger charge is 2.41. The zero-order valence-corrected chi connectivity index (χ0v) is 26.7. The van der Waals surface area contributed by atoms with Crippen molar-refractivity contribution >= 4 is 30.0 Å². The predicted octanol–water partition coefficient (Wildman–Crippen LogP) is 2.42. The number of alkyl carbamates (subject to hydrolysis) is 1. The van der Waals surface area contributed by atoms with E-state index in [1.54, 1.807) is 54.7 Å². The van der Waals surface area contributed by atoms with Crippen LogP contribution in [0.15, 0.2) is 16.6 Å². The molecule has 4 atom stereocenters. The van der Waals surface area contributed by atoms with Crippen molar-refractivity contribution < 1.29 is 43.2 Å². The Kier molecular flexibility index (Phi) is 13.4. The summed E-state index contributed by atoms with van der Waals surface area (Å²) in [4.78, 5) is 56.0. The lowest BCUT2D eigenvalue weighted by atomic mass is 9.84. The van der Waals surface area contributed by atoms with Crippen LogP contribution in [-0.2, 0) is 28.5 Å². The molecule has 3 amide bonds. The van der Waals surface area contributed by atoms with Gasteiger partial charge in [-0.3, -0.25) is 15.0 Å². The number of carboxylic acids is 1. The second-order valence-electron chi connectivity index (χ2n) is 12.8. The third-order valence-electron chi connectivity index (χ3n) is 6.55. The minimum absolute atomic E-state index is 0.0302. The fourth-order valence-electron chi connectivity index (χ4n) is 4.98. The SMILES string of the molecule is COCCOC[C@@H]1CCCN([C@@H]2C=C(C(=O)O)C[C@H](N/C(=N\C(=O)OC(C)(C)C)NC(=O)OC(C)(C)C)[C@H]2NC(C)=O)C1. The van der Waals surface area contributed by atoms with Crippen molar-refractivity contribution in [2.24, 2.45) is 10.9 Å². The number of carboxylic acid groups (broad SMARTS) is 1. The Morgan fingerprint density at radius 3 is 2.30 bits per heavy atom. The predicted molar refractivity (Wildman–Crippen MR) is 159 cm³/mol. The molecule has 1 aliphatic carbocycles. The number of rotatable bonds is 9. The number of ether oxygens (including phenoxy) is 4. The summed E-state index contributed by atoms with van der Waals surface area (Å²) in [5.41, 5.74) is -1.58. The number of guanidine groups is 1. The third-order valence-corrected chi connectivity index (χ3v) is 6.55. The van der Waals surface area contributed by atoms with E-state index in [-0.39, 0.29) is 29.8 Å². The second kappa shape index (κ2) is 16.0. The van der Waals surface area contributed by atoms with Gasteiger partial charge in [-0.05, 0) is 66.8 Å². The van der Waals surface area contributed by atoms with Gasteiger partial charge in [0, 0.05) is 32.6 Å². The number of carbonyl (C=O) groups excluding carboxylic acids is 3. The average Bonchev–Trinajstić information content (AvgIpc) is 2.85. The molecule has 0 aromatic rings. The van der Waals surface area contributed by atoms with E-state index in [0.29, 0.717) is 32.9 Å². The molecule has 0 aromatic carbocycles. The molecule has 0 saturated carbocycles. The molecular formula is C29H49N5O9. The van der Waals surface area contributed by atoms with Crippen molar-refractivity contribution in [2.75, 3.05) is 40.0 Å². The normalized spacial score (nSPS) is 23.5. The number of piperidine rings is 1. The van der Waals surface area contributed by atoms with Crippen molar-refractivity contribution in [1.29, 1.82) is 0 Å². The van der Waals surface area contributed by atoms with Gasteiger partial charge in [0.05, 0.1) is 37.9 Å². The summed E-state index contributed by atoms with van der Waals surface area (Å²) >= 11 is 0. The minimum Gasteiger partial charge on any atom is -0.478 e. The van der Waals surface area contributed by atoms with Crippen LogP contribution >= 0.6 is 0 Å². The van der Waals surface area contributed by atoms with Gasteiger partial charge in [-0.1, -0.05) is 6.08 Å². The van der Waals surface area contributed by atoms with E-state index in [9.17, 15) is 24.3 Å². The Hall–Kier alpha value is -3.23. The van der Waals surface area contributed by atoms with Gasteiger partial charge < -0.3 is 34.7 Å². The van der Waals surface area contributed by atoms with Gasteiger partial charge in [0.2, 0.25) is 11.9 Å². The second-order valence-corrected chi connectivity index (χ2v) is 12.8. The number of hydrogen-bond acceptors (Lipinski definition) is 9. The van der Waals surface area contributed by atoms with Crippen LogP contribution in [0.25, 0.3) is 0 Å². The van der Waals surface area contributed by atoms with Crippen molar-refractivity contribution in [2.45, 2.75) is 97.1 Å². The van der Waals surface area contributed by atoms with Gasteiger partial charge in [-0.2, -0.15) is 0 Å². The Bertz CT molecular complexity index is 1050. The molecule has 0 aromatic heterocycles. The summed E-state index contributed by atoms with van der Waals surface area (Å²) in [6.45, 7) is 14.2. The van der Waals surface area contributed by atoms with Crippen molar-refractivity contribution in [3.63, 3.8) is 0 Å². The molecule has 4 N–H and O–H groups in total. The first-order valence-electron chi connectivity index (χ1n) is 14.6. The summed E-state index contributed by atoms with van der Waals surface area (Å²) in [5.74, 6) is -1.52. The van der Waals surface area contributed by atoms with E-state index in [1.165, 1.54) is 6.92 Å². The van der Waals surface area contributed by atoms with E-state index in [2.05, 4.69) is 25.8 Å². The van der Waals surface area contributed by atoms with Gasteiger partial charge in [-0.15, -0.1) is 4.99 Å². The standard InChI is InChI=1S/C29H49N5O9/c1-18(35)30-23-21(31-25(32-26(38)42-28(2,3)4)33-27(39)43-29(5,6)7)14-20(24(36)37)15-22(23)34-11-9-10-19(16-34)17-41-13-12-40-8/h15,19,21-23H,9-14,16-17H2,1-8H3,(H,30,35)(H,36,37)(H2,31,32,33,38,39)/t19-,21+,22-,23-/m1/s1. The summed E-state index contributed by atoms with van der Waals surface area (Å²) in [6.07, 6.45) is 1.59. The van der Waals surface area contributed by atoms with Crippen molar-refractivity contribution in [3.8, 4) is 0 Å². The largest absolute Gasteiger partial charge is 0.478 e. The molecule has 244 valence electrons. The van der Waals surface area contributed by atoms with E-state index in [1.807, 2.05) is 0 Å². The van der Waals surface area contributed by atoms with Crippen LogP contribution in [0.4, 0.5) is 9.59 Å². The molecule has 43 heavy (non-hydrogen) atoms. The number of likely N-dealkylation sites (tertiary alicyclic amines) is 1. The van der Waals surface area contributed by atoms with Crippen LogP contribution in [0.3, 0.4) is 0 Å². The smallest absolute Gasteiger partial charge is 0.437 e. The highest BCUT2D eigenvalue weighted by atomic mass is 16.6. The highest BCUT2D eigenvalue weighted by molar-refractivity contribution is 5.99. The van der Waals surface area contributed by atoms with Crippen LogP contribution < -0.4 is 16.0 Å². The molecule has 0 spiro atoms. The molecule has 0 radical (unpaired) electrons. The summed E-state index contributed by atoms with van der Waals surface area (Å²) in [7, 11) is 1.61. The van der Waals surface area contributed by atoms with E-state index >= 15 is 0 Å². The van der Waals surface area contributed by atoms with Gasteiger partial charge in [0.25, 0.3) is 0 Å². The van der Waals surface area contributed by atoms with Gasteiger partial charge in [0.1, 0.15) is 11.2 Å². The Morgan fingerprint density at radius 1 is 1.05 bits per heavy atom. The maximum atomic E-state index is 12.7. The average molecular weight is 612 g/mol. The number of hydrogen-bond donors (Lipinski definition) is 4. The first-order valence-corrected chi connectivity index (χ1v) is 14.6. The zero-order chi connectivity index (χ0) is 32.4. The van der Waals surface area contributed by atoms with Crippen LogP contribution in [0.5, 0.6) is 0 Å². The first kappa shape index (κ1) is 36.0. The minimum atomic E-state index is -1.11. The molecule has 1 heterocycles. The number of nitrogens with zero attached hydrogens (tertiary/aromatic N) is 2. The number of carbonyl (C=O) groups is 4. The molecule has 14 heteroatoms. The lowest BCUT2D eigenvalue weighted by molar-refractivity contribution is -0.133. The van der Waals surface area contributed by atoms with Crippen LogP contribution in [0.1, 0.15) is 67.7 Å². The molecule has 0 bridgehead atoms. The third kappa shape index (κ3) is 13.3. The van der Waals surface area contributed by atoms with Crippen LogP contribution in [0, 0.1) is 5.92 Å². The quantitative estimate of drug-likeness (QED) is 0.171. The number of methoxy groups -OCH3 is 1. The fourth-order valence-corrected chi connectivity index (χ4v) is 4.98. The topological polar surface area (TPSA) is 177 Å². The Morgan fingerprint density at radius 2 is 1.72 bits per heavy atom. The van der Waals surface area contributed by atoms with E-state index < -0.39 is 47.5 Å². The number of amides is 3. The lowest BCUT2D eigenvalue weighted by Crippen LogP contribution is -2.65. The molecule has 2 aliphatic rings. The van der Waals surface area contributed by atoms with Crippen molar-refractivity contribution in [3.05, 3.63) is 11.6 Å². The van der Waals surface area contributed by atoms with Crippen LogP contribution in [0.2, 0.25) is 0 Å². The number of aliphatic carboxylic acids is 1. The molecule has 14 nitrogen and oxygen atoms in total. The Balaban J connectivity index is 2.41. The molecule has 1 fully saturated rings. The molecule has 0 unspecified atom stereocenters. The van der Waals surface area contributed by atoms with Gasteiger partial charge >= 0.3 is 18.2 Å². The maximum Gasteiger partial charge on any atom is 0.437 e. The number of nitrogens with one attached hydrogen (secondary N) is 3. The van der Waals surface area contributed by atoms with Gasteiger partial charge in [0.15, 0.2) is 0 Å². The van der Waals surface area contributed by atoms with Crippen molar-refractivity contribution in [1.82, 2.24) is 20.9 Å². The fraction of sp³-hybridized carbons (Fsp3) is 0.759. The van der Waals surface area contributed by atoms with E-state index in [0.717, 1.165) is 12.8 Å².